The number of aromatic nitrogens is 1. The number of ether oxygens (including phenoxy) is 1. The number of methoxy groups -OCH3 is 1. The van der Waals surface area contributed by atoms with Gasteiger partial charge in [-0.15, -0.1) is 11.3 Å². The van der Waals surface area contributed by atoms with Crippen LogP contribution in [0.1, 0.15) is 36.9 Å². The van der Waals surface area contributed by atoms with E-state index >= 15 is 0 Å². The van der Waals surface area contributed by atoms with Crippen LogP contribution in [-0.4, -0.2) is 30.6 Å². The van der Waals surface area contributed by atoms with Crippen molar-refractivity contribution in [2.24, 2.45) is 5.73 Å². The van der Waals surface area contributed by atoms with Gasteiger partial charge in [0.1, 0.15) is 5.01 Å². The number of nitrogens with zero attached hydrogens (tertiary/aromatic N) is 1. The Labute approximate surface area is 112 Å². The van der Waals surface area contributed by atoms with E-state index in [1.54, 1.807) is 18.4 Å². The topological polar surface area (TPSA) is 77.2 Å². The number of nitrogens with one attached hydrogen (secondary N) is 1. The highest BCUT2D eigenvalue weighted by molar-refractivity contribution is 7.09. The van der Waals surface area contributed by atoms with E-state index in [1.165, 1.54) is 0 Å². The summed E-state index contributed by atoms with van der Waals surface area (Å²) in [6.45, 7) is 5.01. The molecule has 1 amide bonds. The van der Waals surface area contributed by atoms with Crippen LogP contribution in [0.4, 0.5) is 0 Å². The highest BCUT2D eigenvalue weighted by Crippen LogP contribution is 2.17. The van der Waals surface area contributed by atoms with Crippen LogP contribution in [0.25, 0.3) is 0 Å². The molecule has 3 N–H and O–H groups in total. The minimum Gasteiger partial charge on any atom is -0.380 e. The van der Waals surface area contributed by atoms with Gasteiger partial charge in [0.15, 0.2) is 0 Å². The van der Waals surface area contributed by atoms with Gasteiger partial charge in [-0.05, 0) is 5.92 Å². The second kappa shape index (κ2) is 7.45. The predicted octanol–water partition coefficient (Wildman–Crippen LogP) is 1.25. The Balaban J connectivity index is 2.37. The number of carbonyl (C=O) groups excluding carboxylic acids is 1. The van der Waals surface area contributed by atoms with Crippen molar-refractivity contribution in [3.63, 3.8) is 0 Å². The molecule has 1 rings (SSSR count). The second-order valence-electron chi connectivity index (χ2n) is 4.40. The molecule has 0 aliphatic carbocycles. The fraction of sp³-hybridized carbons (Fsp3) is 0.667. The minimum atomic E-state index is -0.215. The summed E-state index contributed by atoms with van der Waals surface area (Å²) >= 11 is 1.57. The second-order valence-corrected chi connectivity index (χ2v) is 5.34. The third-order valence-corrected chi connectivity index (χ3v) is 3.47. The molecular weight excluding hydrogens is 250 g/mol. The number of thiazole rings is 1. The van der Waals surface area contributed by atoms with Crippen LogP contribution in [0.3, 0.4) is 0 Å². The zero-order chi connectivity index (χ0) is 13.5. The molecule has 0 aromatic carbocycles. The molecule has 0 aliphatic heterocycles. The highest BCUT2D eigenvalue weighted by Gasteiger charge is 2.12. The van der Waals surface area contributed by atoms with E-state index in [0.29, 0.717) is 19.0 Å². The number of amides is 1. The van der Waals surface area contributed by atoms with Crippen molar-refractivity contribution in [2.45, 2.75) is 38.8 Å². The maximum absolute atomic E-state index is 11.6. The quantitative estimate of drug-likeness (QED) is 0.782. The van der Waals surface area contributed by atoms with Gasteiger partial charge in [0, 0.05) is 19.0 Å². The van der Waals surface area contributed by atoms with Crippen molar-refractivity contribution in [3.8, 4) is 0 Å². The molecule has 1 aromatic heterocycles. The van der Waals surface area contributed by atoms with Crippen LogP contribution in [0.2, 0.25) is 0 Å². The minimum absolute atomic E-state index is 0.0615. The van der Waals surface area contributed by atoms with Crippen LogP contribution in [0.15, 0.2) is 5.38 Å². The molecule has 0 aliphatic rings. The fourth-order valence-corrected chi connectivity index (χ4v) is 2.28. The molecule has 1 heterocycles. The van der Waals surface area contributed by atoms with Gasteiger partial charge in [-0.1, -0.05) is 13.8 Å². The molecule has 0 bridgehead atoms. The van der Waals surface area contributed by atoms with Gasteiger partial charge in [0.2, 0.25) is 5.91 Å². The van der Waals surface area contributed by atoms with Crippen molar-refractivity contribution in [1.82, 2.24) is 10.3 Å². The van der Waals surface area contributed by atoms with Crippen molar-refractivity contribution in [3.05, 3.63) is 16.1 Å². The third-order valence-electron chi connectivity index (χ3n) is 2.61. The molecule has 0 fully saturated rings. The average molecular weight is 271 g/mol. The number of carbonyl (C=O) groups is 1. The summed E-state index contributed by atoms with van der Waals surface area (Å²) in [7, 11) is 1.56. The maximum atomic E-state index is 11.6. The normalized spacial score (nSPS) is 12.7. The van der Waals surface area contributed by atoms with Gasteiger partial charge in [-0.3, -0.25) is 4.79 Å². The van der Waals surface area contributed by atoms with E-state index in [9.17, 15) is 4.79 Å². The average Bonchev–Trinajstić information content (AvgIpc) is 2.82. The molecule has 0 saturated carbocycles. The predicted molar refractivity (Wildman–Crippen MR) is 72.5 cm³/mol. The first kappa shape index (κ1) is 15.1. The van der Waals surface area contributed by atoms with E-state index in [4.69, 9.17) is 10.5 Å². The van der Waals surface area contributed by atoms with E-state index in [2.05, 4.69) is 24.1 Å². The monoisotopic (exact) mass is 271 g/mol. The molecule has 0 radical (unpaired) electrons. The summed E-state index contributed by atoms with van der Waals surface area (Å²) < 4.78 is 5.06. The Hall–Kier alpha value is -0.980. The largest absolute Gasteiger partial charge is 0.380 e. The lowest BCUT2D eigenvalue weighted by molar-refractivity contribution is -0.123. The lowest BCUT2D eigenvalue weighted by Gasteiger charge is -2.11. The first-order valence-electron chi connectivity index (χ1n) is 6.00. The van der Waals surface area contributed by atoms with E-state index < -0.39 is 0 Å². The molecule has 18 heavy (non-hydrogen) atoms. The molecule has 5 nitrogen and oxygen atoms in total. The van der Waals surface area contributed by atoms with Crippen molar-refractivity contribution >= 4 is 17.2 Å². The van der Waals surface area contributed by atoms with Gasteiger partial charge in [-0.25, -0.2) is 4.98 Å². The number of nitrogens with two attached hydrogens (primary N) is 1. The Morgan fingerprint density at radius 3 is 2.83 bits per heavy atom. The van der Waals surface area contributed by atoms with Crippen LogP contribution in [0.5, 0.6) is 0 Å². The van der Waals surface area contributed by atoms with E-state index in [0.717, 1.165) is 10.7 Å². The lowest BCUT2D eigenvalue weighted by atomic mass is 10.2. The van der Waals surface area contributed by atoms with E-state index in [-0.39, 0.29) is 18.4 Å². The van der Waals surface area contributed by atoms with Gasteiger partial charge in [-0.2, -0.15) is 0 Å². The Bertz CT molecular complexity index is 375. The Morgan fingerprint density at radius 2 is 2.33 bits per heavy atom. The zero-order valence-corrected chi connectivity index (χ0v) is 11.9. The van der Waals surface area contributed by atoms with Crippen LogP contribution in [-0.2, 0) is 16.1 Å². The summed E-state index contributed by atoms with van der Waals surface area (Å²) in [5.74, 6) is 0.356. The zero-order valence-electron chi connectivity index (χ0n) is 11.1. The van der Waals surface area contributed by atoms with Crippen molar-refractivity contribution < 1.29 is 9.53 Å². The molecule has 102 valence electrons. The van der Waals surface area contributed by atoms with Crippen molar-refractivity contribution in [2.75, 3.05) is 13.7 Å². The maximum Gasteiger partial charge on any atom is 0.223 e. The molecular formula is C12H21N3O2S. The summed E-state index contributed by atoms with van der Waals surface area (Å²) in [6.07, 6.45) is 0.0719. The van der Waals surface area contributed by atoms with Crippen molar-refractivity contribution in [1.29, 1.82) is 0 Å². The molecule has 1 atom stereocenters. The summed E-state index contributed by atoms with van der Waals surface area (Å²) in [5.41, 5.74) is 6.53. The summed E-state index contributed by atoms with van der Waals surface area (Å²) in [4.78, 5) is 16.1. The number of hydrogen-bond acceptors (Lipinski definition) is 5. The van der Waals surface area contributed by atoms with Crippen LogP contribution in [0, 0.1) is 0 Å². The van der Waals surface area contributed by atoms with Gasteiger partial charge >= 0.3 is 0 Å². The molecule has 1 aromatic rings. The smallest absolute Gasteiger partial charge is 0.223 e. The van der Waals surface area contributed by atoms with Gasteiger partial charge in [0.25, 0.3) is 0 Å². The lowest BCUT2D eigenvalue weighted by Crippen LogP contribution is -2.31. The number of hydrogen-bond donors (Lipinski definition) is 2. The molecule has 1 unspecified atom stereocenters. The van der Waals surface area contributed by atoms with Crippen LogP contribution >= 0.6 is 11.3 Å². The fourth-order valence-electron chi connectivity index (χ4n) is 1.39. The SMILES string of the molecule is COC(CN)CC(=O)NCc1nc(C(C)C)cs1. The first-order chi connectivity index (χ1) is 8.56. The van der Waals surface area contributed by atoms with Gasteiger partial charge < -0.3 is 15.8 Å². The molecule has 0 saturated heterocycles. The van der Waals surface area contributed by atoms with E-state index in [1.807, 2.05) is 5.38 Å². The Kier molecular flexibility index (Phi) is 6.24. The standard InChI is InChI=1S/C12H21N3O2S/c1-8(2)10-7-18-12(15-10)6-14-11(16)4-9(5-13)17-3/h7-9H,4-6,13H2,1-3H3,(H,14,16). The molecule has 0 spiro atoms. The first-order valence-corrected chi connectivity index (χ1v) is 6.88. The number of rotatable bonds is 7. The molecule has 6 heteroatoms. The summed E-state index contributed by atoms with van der Waals surface area (Å²) in [6, 6.07) is 0. The third kappa shape index (κ3) is 4.72. The van der Waals surface area contributed by atoms with Gasteiger partial charge in [0.05, 0.1) is 24.8 Å². The van der Waals surface area contributed by atoms with Crippen LogP contribution < -0.4 is 11.1 Å². The highest BCUT2D eigenvalue weighted by atomic mass is 32.1. The Morgan fingerprint density at radius 1 is 1.61 bits per heavy atom. The summed E-state index contributed by atoms with van der Waals surface area (Å²) in [5, 5.41) is 5.78.